The summed E-state index contributed by atoms with van der Waals surface area (Å²) in [6.45, 7) is 4.46. The van der Waals surface area contributed by atoms with Gasteiger partial charge in [0.15, 0.2) is 11.6 Å². The van der Waals surface area contributed by atoms with Gasteiger partial charge in [0.25, 0.3) is 11.2 Å². The normalized spacial score (nSPS) is 13.7. The predicted octanol–water partition coefficient (Wildman–Crippen LogP) is 7.40. The van der Waals surface area contributed by atoms with Gasteiger partial charge in [0.1, 0.15) is 0 Å². The Morgan fingerprint density at radius 3 is 0.694 bits per heavy atom. The molecule has 4 N–H and O–H groups in total. The number of carbonyl (C=O) groups is 4. The van der Waals surface area contributed by atoms with Gasteiger partial charge in [-0.2, -0.15) is 0 Å². The molecular weight excluding hydrogens is 631 g/mol. The molecule has 284 valence electrons. The number of carbonyl (C=O) groups excluding carboxylic acids is 2. The van der Waals surface area contributed by atoms with E-state index >= 15 is 0 Å². The summed E-state index contributed by atoms with van der Waals surface area (Å²) in [5, 5.41) is 41.2. The third-order valence-corrected chi connectivity index (χ3v) is 9.96. The number of carboxylic acids is 2. The second kappa shape index (κ2) is 33.1. The molecule has 49 heavy (non-hydrogen) atoms. The summed E-state index contributed by atoms with van der Waals surface area (Å²) >= 11 is 0. The first-order valence-electron chi connectivity index (χ1n) is 20.1. The summed E-state index contributed by atoms with van der Waals surface area (Å²) in [7, 11) is 0. The molecular formula is C40H75NaO8. The predicted molar refractivity (Wildman–Crippen MR) is 195 cm³/mol. The molecule has 0 rings (SSSR count). The van der Waals surface area contributed by atoms with Crippen LogP contribution in [0.5, 0.6) is 0 Å². The maximum atomic E-state index is 12.9. The monoisotopic (exact) mass is 707 g/mol. The van der Waals surface area contributed by atoms with Crippen molar-refractivity contribution in [3.8, 4) is 0 Å². The number of ketones is 2. The Bertz CT molecular complexity index is 789. The molecule has 0 bridgehead atoms. The van der Waals surface area contributed by atoms with Crippen LogP contribution in [0.2, 0.25) is 0 Å². The van der Waals surface area contributed by atoms with Gasteiger partial charge < -0.3 is 21.9 Å². The van der Waals surface area contributed by atoms with Crippen molar-refractivity contribution in [1.29, 1.82) is 0 Å². The molecule has 0 fully saturated rings. The molecule has 2 atom stereocenters. The van der Waals surface area contributed by atoms with Gasteiger partial charge >= 0.3 is 41.5 Å². The molecule has 9 heteroatoms. The van der Waals surface area contributed by atoms with Crippen molar-refractivity contribution in [1.82, 2.24) is 0 Å². The summed E-state index contributed by atoms with van der Waals surface area (Å²) < 4.78 is 0. The van der Waals surface area contributed by atoms with E-state index in [1.807, 2.05) is 0 Å². The van der Waals surface area contributed by atoms with Crippen LogP contribution in [0.1, 0.15) is 221 Å². The number of carboxylic acid groups (broad SMARTS) is 2. The molecule has 0 aliphatic heterocycles. The molecule has 0 aliphatic carbocycles. The fourth-order valence-corrected chi connectivity index (χ4v) is 6.63. The average Bonchev–Trinajstić information content (AvgIpc) is 3.06. The topological polar surface area (TPSA) is 149 Å². The zero-order valence-corrected chi connectivity index (χ0v) is 34.0. The van der Waals surface area contributed by atoms with Crippen molar-refractivity contribution in [3.05, 3.63) is 0 Å². The molecule has 0 aromatic rings. The minimum atomic E-state index is -3.73. The number of hydrogen-bond donors (Lipinski definition) is 4. The summed E-state index contributed by atoms with van der Waals surface area (Å²) in [6.07, 6.45) is 32.3. The van der Waals surface area contributed by atoms with Gasteiger partial charge in [-0.15, -0.1) is 0 Å². The molecule has 0 aliphatic rings. The van der Waals surface area contributed by atoms with Gasteiger partial charge in [-0.05, 0) is 12.8 Å². The molecule has 0 radical (unpaired) electrons. The Labute approximate surface area is 323 Å². The minimum Gasteiger partial charge on any atom is -1.00 e. The van der Waals surface area contributed by atoms with E-state index in [-0.39, 0.29) is 43.8 Å². The fourth-order valence-electron chi connectivity index (χ4n) is 6.63. The second-order valence-electron chi connectivity index (χ2n) is 14.3. The number of Topliss-reactive ketones (excluding diaryl/α,β-unsaturated/α-hetero) is 2. The van der Waals surface area contributed by atoms with Crippen molar-refractivity contribution >= 4 is 23.5 Å². The van der Waals surface area contributed by atoms with E-state index in [2.05, 4.69) is 13.8 Å². The Kier molecular flexibility index (Phi) is 33.9. The standard InChI is InChI=1S/C40H74O8.Na.H/c1-3-5-7-9-11-13-15-17-19-21-23-25-27-29-31-33-35(41)39(47,37(43)44)40(48,38(45)46)36(42)34-32-30-28-26-24-22-20-18-16-14-12-10-8-6-4-2;;/h47-48H,3-34H2,1-2H3,(H,43,44)(H,45,46);;/q;+1;-1. The van der Waals surface area contributed by atoms with Gasteiger partial charge in [0, 0.05) is 12.8 Å². The summed E-state index contributed by atoms with van der Waals surface area (Å²) in [6, 6.07) is 0. The van der Waals surface area contributed by atoms with Crippen LogP contribution in [-0.2, 0) is 19.2 Å². The van der Waals surface area contributed by atoms with Gasteiger partial charge in [0.2, 0.25) is 0 Å². The summed E-state index contributed by atoms with van der Waals surface area (Å²) in [5.74, 6) is -7.13. The van der Waals surface area contributed by atoms with Crippen molar-refractivity contribution < 1.29 is 70.6 Å². The first-order chi connectivity index (χ1) is 23.1. The Balaban J connectivity index is -0.0000110. The molecule has 0 aromatic heterocycles. The van der Waals surface area contributed by atoms with Gasteiger partial charge in [0.05, 0.1) is 0 Å². The fraction of sp³-hybridized carbons (Fsp3) is 0.900. The van der Waals surface area contributed by atoms with Crippen LogP contribution in [0.25, 0.3) is 0 Å². The molecule has 0 amide bonds. The van der Waals surface area contributed by atoms with E-state index in [0.717, 1.165) is 51.4 Å². The maximum Gasteiger partial charge on any atom is 1.00 e. The summed E-state index contributed by atoms with van der Waals surface area (Å²) in [5.41, 5.74) is -7.47. The van der Waals surface area contributed by atoms with E-state index in [1.165, 1.54) is 116 Å². The van der Waals surface area contributed by atoms with E-state index in [9.17, 15) is 39.6 Å². The largest absolute Gasteiger partial charge is 1.00 e. The number of rotatable bonds is 37. The van der Waals surface area contributed by atoms with Gasteiger partial charge in [-0.1, -0.05) is 194 Å². The van der Waals surface area contributed by atoms with E-state index in [1.54, 1.807) is 0 Å². The van der Waals surface area contributed by atoms with Crippen LogP contribution >= 0.6 is 0 Å². The number of aliphatic carboxylic acids is 2. The van der Waals surface area contributed by atoms with Crippen LogP contribution in [0.15, 0.2) is 0 Å². The molecule has 2 unspecified atom stereocenters. The van der Waals surface area contributed by atoms with Crippen LogP contribution in [0.3, 0.4) is 0 Å². The van der Waals surface area contributed by atoms with Crippen LogP contribution in [0, 0.1) is 0 Å². The molecule has 8 nitrogen and oxygen atoms in total. The van der Waals surface area contributed by atoms with Crippen molar-refractivity contribution in [3.63, 3.8) is 0 Å². The summed E-state index contributed by atoms with van der Waals surface area (Å²) in [4.78, 5) is 49.9. The number of hydrogen-bond acceptors (Lipinski definition) is 6. The minimum absolute atomic E-state index is 0. The third kappa shape index (κ3) is 22.0. The Morgan fingerprint density at radius 1 is 0.367 bits per heavy atom. The zero-order chi connectivity index (χ0) is 35.9. The van der Waals surface area contributed by atoms with E-state index in [4.69, 9.17) is 0 Å². The van der Waals surface area contributed by atoms with E-state index < -0.39 is 47.5 Å². The first kappa shape index (κ1) is 50.3. The van der Waals surface area contributed by atoms with Crippen LogP contribution in [0.4, 0.5) is 0 Å². The Hall–Kier alpha value is -0.800. The molecule has 0 heterocycles. The van der Waals surface area contributed by atoms with Crippen LogP contribution in [-0.4, -0.2) is 55.1 Å². The van der Waals surface area contributed by atoms with Gasteiger partial charge in [-0.3, -0.25) is 9.59 Å². The number of unbranched alkanes of at least 4 members (excludes halogenated alkanes) is 28. The van der Waals surface area contributed by atoms with Gasteiger partial charge in [-0.25, -0.2) is 9.59 Å². The zero-order valence-electron chi connectivity index (χ0n) is 33.0. The van der Waals surface area contributed by atoms with Crippen LogP contribution < -0.4 is 29.6 Å². The first-order valence-corrected chi connectivity index (χ1v) is 20.1. The average molecular weight is 707 g/mol. The second-order valence-corrected chi connectivity index (χ2v) is 14.3. The van der Waals surface area contributed by atoms with Crippen molar-refractivity contribution in [2.45, 2.75) is 231 Å². The molecule has 0 saturated carbocycles. The number of aliphatic hydroxyl groups is 2. The van der Waals surface area contributed by atoms with Crippen molar-refractivity contribution in [2.75, 3.05) is 0 Å². The smallest absolute Gasteiger partial charge is 1.00 e. The SMILES string of the molecule is CCCCCCCCCCCCCCCCCC(=O)C(O)(C(=O)O)C(O)(C(=O)O)C(=O)CCCCCCCCCCCCCCCCC.[H-].[Na+]. The van der Waals surface area contributed by atoms with Crippen molar-refractivity contribution in [2.24, 2.45) is 0 Å². The maximum absolute atomic E-state index is 12.9. The molecule has 0 saturated heterocycles. The molecule has 0 spiro atoms. The van der Waals surface area contributed by atoms with E-state index in [0.29, 0.717) is 12.8 Å². The molecule has 0 aromatic carbocycles. The Morgan fingerprint density at radius 2 is 0.531 bits per heavy atom. The third-order valence-electron chi connectivity index (χ3n) is 9.96. The quantitative estimate of drug-likeness (QED) is 0.0297.